The van der Waals surface area contributed by atoms with E-state index in [0.717, 1.165) is 23.4 Å². The average molecular weight is 725 g/mol. The number of ether oxygens (including phenoxy) is 2. The van der Waals surface area contributed by atoms with Crippen molar-refractivity contribution < 1.29 is 24.2 Å². The number of anilines is 1. The van der Waals surface area contributed by atoms with Crippen LogP contribution < -0.4 is 20.2 Å². The smallest absolute Gasteiger partial charge is 0.275 e. The van der Waals surface area contributed by atoms with E-state index >= 15 is 0 Å². The number of phenolic OH excluding ortho intramolecular Hbond substituents is 1. The van der Waals surface area contributed by atoms with Crippen LogP contribution in [0.15, 0.2) is 68.6 Å². The Bertz CT molecular complexity index is 1560. The van der Waals surface area contributed by atoms with E-state index in [1.165, 1.54) is 56.4 Å². The Hall–Kier alpha value is -3.37. The maximum atomic E-state index is 12.8. The number of carbonyl (C=O) groups is 2. The molecule has 10 heteroatoms. The third kappa shape index (κ3) is 6.66. The summed E-state index contributed by atoms with van der Waals surface area (Å²) in [5.74, 6) is 2.53. The molecule has 4 aliphatic carbocycles. The van der Waals surface area contributed by atoms with Crippen LogP contribution in [0, 0.1) is 17.8 Å². The zero-order chi connectivity index (χ0) is 30.8. The second kappa shape index (κ2) is 12.9. The van der Waals surface area contributed by atoms with Crippen molar-refractivity contribution in [1.82, 2.24) is 5.43 Å². The first-order valence-corrected chi connectivity index (χ1v) is 16.6. The van der Waals surface area contributed by atoms with Crippen molar-refractivity contribution >= 4 is 55.6 Å². The first-order chi connectivity index (χ1) is 21.2. The molecule has 3 N–H and O–H groups in total. The number of nitrogens with zero attached hydrogens (tertiary/aromatic N) is 1. The number of halogens is 2. The maximum Gasteiger partial charge on any atom is 0.275 e. The minimum absolute atomic E-state index is 0.0685. The SMILES string of the molecule is CCOc1cc(/C=N\NC(=O)c2cc(Br)cc(Br)c2O)ccc1OCC(=O)Nc1ccc(C23CC4CC(CC(C4)C2)C3)cc1. The predicted molar refractivity (Wildman–Crippen MR) is 177 cm³/mol. The minimum Gasteiger partial charge on any atom is -0.506 e. The van der Waals surface area contributed by atoms with Gasteiger partial charge in [0.15, 0.2) is 18.1 Å². The minimum atomic E-state index is -0.570. The lowest BCUT2D eigenvalue weighted by molar-refractivity contribution is -0.118. The van der Waals surface area contributed by atoms with Crippen LogP contribution in [0.2, 0.25) is 0 Å². The van der Waals surface area contributed by atoms with Crippen LogP contribution in [0.4, 0.5) is 5.69 Å². The third-order valence-electron chi connectivity index (χ3n) is 9.10. The first kappa shape index (κ1) is 30.6. The fraction of sp³-hybridized carbons (Fsp3) is 0.382. The third-order valence-corrected chi connectivity index (χ3v) is 10.2. The van der Waals surface area contributed by atoms with Gasteiger partial charge >= 0.3 is 0 Å². The second-order valence-electron chi connectivity index (χ2n) is 12.2. The Kier molecular flexibility index (Phi) is 9.01. The van der Waals surface area contributed by atoms with Gasteiger partial charge in [0.2, 0.25) is 0 Å². The van der Waals surface area contributed by atoms with Gasteiger partial charge in [-0.3, -0.25) is 9.59 Å². The molecule has 230 valence electrons. The molecule has 8 nitrogen and oxygen atoms in total. The average Bonchev–Trinajstić information content (AvgIpc) is 2.98. The summed E-state index contributed by atoms with van der Waals surface area (Å²) >= 11 is 6.52. The lowest BCUT2D eigenvalue weighted by atomic mass is 9.48. The molecular formula is C34H35Br2N3O5. The fourth-order valence-corrected chi connectivity index (χ4v) is 8.89. The van der Waals surface area contributed by atoms with E-state index in [2.05, 4.69) is 59.8 Å². The summed E-state index contributed by atoms with van der Waals surface area (Å²) in [5.41, 5.74) is 5.64. The Labute approximate surface area is 273 Å². The van der Waals surface area contributed by atoms with Gasteiger partial charge in [-0.15, -0.1) is 0 Å². The normalized spacial score (nSPS) is 23.5. The van der Waals surface area contributed by atoms with Gasteiger partial charge in [-0.2, -0.15) is 5.10 Å². The van der Waals surface area contributed by atoms with Crippen LogP contribution in [-0.2, 0) is 10.2 Å². The molecule has 0 atom stereocenters. The van der Waals surface area contributed by atoms with Crippen molar-refractivity contribution in [3.8, 4) is 17.2 Å². The molecule has 3 aromatic rings. The molecule has 4 aliphatic rings. The van der Waals surface area contributed by atoms with Crippen LogP contribution in [0.3, 0.4) is 0 Å². The van der Waals surface area contributed by atoms with Crippen molar-refractivity contribution in [2.45, 2.75) is 50.9 Å². The summed E-state index contributed by atoms with van der Waals surface area (Å²) < 4.78 is 12.6. The highest BCUT2D eigenvalue weighted by Crippen LogP contribution is 2.60. The van der Waals surface area contributed by atoms with Crippen molar-refractivity contribution in [3.05, 3.63) is 80.2 Å². The molecule has 0 saturated heterocycles. The molecule has 0 unspecified atom stereocenters. The Morgan fingerprint density at radius 1 is 0.955 bits per heavy atom. The monoisotopic (exact) mass is 723 g/mol. The Morgan fingerprint density at radius 3 is 2.30 bits per heavy atom. The van der Waals surface area contributed by atoms with E-state index < -0.39 is 5.91 Å². The molecule has 4 saturated carbocycles. The molecule has 7 rings (SSSR count). The summed E-state index contributed by atoms with van der Waals surface area (Å²) in [7, 11) is 0. The van der Waals surface area contributed by atoms with Gasteiger partial charge in [-0.1, -0.05) is 28.1 Å². The number of benzene rings is 3. The summed E-state index contributed by atoms with van der Waals surface area (Å²) in [4.78, 5) is 25.3. The highest BCUT2D eigenvalue weighted by molar-refractivity contribution is 9.11. The van der Waals surface area contributed by atoms with Crippen LogP contribution in [-0.4, -0.2) is 36.3 Å². The lowest BCUT2D eigenvalue weighted by Gasteiger charge is -2.57. The molecule has 0 aromatic heterocycles. The second-order valence-corrected chi connectivity index (χ2v) is 14.0. The Balaban J connectivity index is 1.04. The zero-order valence-corrected chi connectivity index (χ0v) is 27.6. The summed E-state index contributed by atoms with van der Waals surface area (Å²) in [6, 6.07) is 16.7. The first-order valence-electron chi connectivity index (χ1n) is 15.0. The van der Waals surface area contributed by atoms with Crippen molar-refractivity contribution in [1.29, 1.82) is 0 Å². The number of phenols is 1. The van der Waals surface area contributed by atoms with Crippen LogP contribution >= 0.6 is 31.9 Å². The molecule has 0 spiro atoms. The number of amides is 2. The summed E-state index contributed by atoms with van der Waals surface area (Å²) in [6.45, 7) is 2.08. The lowest BCUT2D eigenvalue weighted by Crippen LogP contribution is -2.48. The van der Waals surface area contributed by atoms with Gasteiger partial charge in [-0.05, 0) is 138 Å². The van der Waals surface area contributed by atoms with Gasteiger partial charge < -0.3 is 19.9 Å². The van der Waals surface area contributed by atoms with E-state index in [0.29, 0.717) is 38.0 Å². The molecule has 2 amide bonds. The highest BCUT2D eigenvalue weighted by atomic mass is 79.9. The van der Waals surface area contributed by atoms with E-state index in [-0.39, 0.29) is 23.8 Å². The molecule has 0 heterocycles. The van der Waals surface area contributed by atoms with Crippen molar-refractivity contribution in [3.63, 3.8) is 0 Å². The molecule has 44 heavy (non-hydrogen) atoms. The summed E-state index contributed by atoms with van der Waals surface area (Å²) in [5, 5.41) is 17.1. The summed E-state index contributed by atoms with van der Waals surface area (Å²) in [6.07, 6.45) is 9.66. The number of nitrogens with one attached hydrogen (secondary N) is 2. The number of hydrogen-bond acceptors (Lipinski definition) is 6. The van der Waals surface area contributed by atoms with Gasteiger partial charge in [0.25, 0.3) is 11.8 Å². The fourth-order valence-electron chi connectivity index (χ4n) is 7.67. The molecule has 0 aliphatic heterocycles. The van der Waals surface area contributed by atoms with Gasteiger partial charge in [-0.25, -0.2) is 5.43 Å². The maximum absolute atomic E-state index is 12.8. The van der Waals surface area contributed by atoms with Crippen LogP contribution in [0.25, 0.3) is 0 Å². The zero-order valence-electron chi connectivity index (χ0n) is 24.4. The topological polar surface area (TPSA) is 109 Å². The van der Waals surface area contributed by atoms with Crippen LogP contribution in [0.1, 0.15) is 66.9 Å². The molecule has 3 aromatic carbocycles. The molecule has 0 radical (unpaired) electrons. The van der Waals surface area contributed by atoms with Crippen molar-refractivity contribution in [2.24, 2.45) is 22.9 Å². The van der Waals surface area contributed by atoms with Gasteiger partial charge in [0, 0.05) is 10.2 Å². The molecular weight excluding hydrogens is 690 g/mol. The largest absolute Gasteiger partial charge is 0.506 e. The molecule has 4 fully saturated rings. The highest BCUT2D eigenvalue weighted by Gasteiger charge is 2.51. The van der Waals surface area contributed by atoms with Crippen LogP contribution in [0.5, 0.6) is 17.2 Å². The Morgan fingerprint density at radius 2 is 1.64 bits per heavy atom. The van der Waals surface area contributed by atoms with Crippen molar-refractivity contribution in [2.75, 3.05) is 18.5 Å². The number of hydrogen-bond donors (Lipinski definition) is 3. The molecule has 4 bridgehead atoms. The number of hydrazone groups is 1. The van der Waals surface area contributed by atoms with E-state index in [1.807, 2.05) is 19.1 Å². The number of aromatic hydroxyl groups is 1. The standard InChI is InChI=1S/C34H35Br2N3O5/c1-2-43-30-12-20(18-37-39-33(42)27-13-25(35)14-28(36)32(27)41)3-8-29(30)44-19-31(40)38-26-6-4-24(5-7-26)34-15-21-9-22(16-34)11-23(10-21)17-34/h3-8,12-14,18,21-23,41H,2,9-11,15-17,19H2,1H3,(H,38,40)(H,39,42)/b37-18-. The van der Waals surface area contributed by atoms with Gasteiger partial charge in [0.05, 0.1) is 22.9 Å². The van der Waals surface area contributed by atoms with E-state index in [1.54, 1.807) is 24.3 Å². The predicted octanol–water partition coefficient (Wildman–Crippen LogP) is 7.57. The van der Waals surface area contributed by atoms with Gasteiger partial charge in [0.1, 0.15) is 5.75 Å². The van der Waals surface area contributed by atoms with E-state index in [4.69, 9.17) is 9.47 Å². The van der Waals surface area contributed by atoms with E-state index in [9.17, 15) is 14.7 Å². The number of carbonyl (C=O) groups excluding carboxylic acids is 2. The number of rotatable bonds is 10. The quantitative estimate of drug-likeness (QED) is 0.148.